The maximum absolute atomic E-state index is 13.6. The molecule has 1 aromatic heterocycles. The van der Waals surface area contributed by atoms with Gasteiger partial charge in [0.15, 0.2) is 0 Å². The molecule has 4 aromatic rings. The molecule has 0 spiro atoms. The number of amides is 1. The van der Waals surface area contributed by atoms with Gasteiger partial charge in [0.05, 0.1) is 0 Å². The van der Waals surface area contributed by atoms with Gasteiger partial charge in [0.25, 0.3) is 0 Å². The van der Waals surface area contributed by atoms with E-state index in [2.05, 4.69) is 111 Å². The largest absolute Gasteiger partial charge is 0.343 e. The van der Waals surface area contributed by atoms with E-state index in [1.165, 1.54) is 38.7 Å². The lowest BCUT2D eigenvalue weighted by Crippen LogP contribution is -2.33. The van der Waals surface area contributed by atoms with Gasteiger partial charge in [0.1, 0.15) is 0 Å². The van der Waals surface area contributed by atoms with E-state index in [4.69, 9.17) is 0 Å². The average molecular weight is 467 g/mol. The van der Waals surface area contributed by atoms with Crippen molar-refractivity contribution in [3.8, 4) is 0 Å². The van der Waals surface area contributed by atoms with Crippen LogP contribution in [-0.4, -0.2) is 28.5 Å². The lowest BCUT2D eigenvalue weighted by atomic mass is 9.87. The molecule has 0 N–H and O–H groups in total. The van der Waals surface area contributed by atoms with E-state index < -0.39 is 0 Å². The number of fused-ring (bicyclic) bond motifs is 1. The van der Waals surface area contributed by atoms with E-state index in [0.29, 0.717) is 6.42 Å². The van der Waals surface area contributed by atoms with Crippen LogP contribution < -0.4 is 0 Å². The van der Waals surface area contributed by atoms with Crippen molar-refractivity contribution in [3.63, 3.8) is 0 Å². The maximum atomic E-state index is 13.6. The fourth-order valence-corrected chi connectivity index (χ4v) is 5.07. The Hall–Kier alpha value is -3.33. The SMILES string of the molecule is CCCN(CCC)C(=O)C[C@H](c1cccc(C)c1)c1cn(Cc2ccc(C)cc2)c2ccccc12. The van der Waals surface area contributed by atoms with Gasteiger partial charge in [0, 0.05) is 49.1 Å². The highest BCUT2D eigenvalue weighted by Gasteiger charge is 2.25. The number of benzene rings is 3. The van der Waals surface area contributed by atoms with Gasteiger partial charge in [-0.3, -0.25) is 4.79 Å². The zero-order valence-electron chi connectivity index (χ0n) is 21.6. The lowest BCUT2D eigenvalue weighted by Gasteiger charge is -2.25. The highest BCUT2D eigenvalue weighted by Crippen LogP contribution is 2.36. The summed E-state index contributed by atoms with van der Waals surface area (Å²) < 4.78 is 2.35. The topological polar surface area (TPSA) is 25.2 Å². The Morgan fingerprint density at radius 3 is 2.26 bits per heavy atom. The summed E-state index contributed by atoms with van der Waals surface area (Å²) in [6, 6.07) is 26.0. The third-order valence-corrected chi connectivity index (χ3v) is 6.83. The van der Waals surface area contributed by atoms with E-state index in [-0.39, 0.29) is 11.8 Å². The van der Waals surface area contributed by atoms with Crippen molar-refractivity contribution in [1.82, 2.24) is 9.47 Å². The molecule has 3 aromatic carbocycles. The minimum atomic E-state index is 0.0165. The first-order chi connectivity index (χ1) is 17.0. The number of hydrogen-bond donors (Lipinski definition) is 0. The molecule has 0 fully saturated rings. The van der Waals surface area contributed by atoms with E-state index in [9.17, 15) is 4.79 Å². The summed E-state index contributed by atoms with van der Waals surface area (Å²) in [6.45, 7) is 11.0. The Bertz CT molecular complexity index is 1260. The highest BCUT2D eigenvalue weighted by atomic mass is 16.2. The lowest BCUT2D eigenvalue weighted by molar-refractivity contribution is -0.131. The number of nitrogens with zero attached hydrogens (tertiary/aromatic N) is 2. The van der Waals surface area contributed by atoms with Crippen LogP contribution in [0.1, 0.15) is 66.8 Å². The fourth-order valence-electron chi connectivity index (χ4n) is 5.07. The predicted molar refractivity (Wildman–Crippen MR) is 147 cm³/mol. The molecule has 0 aliphatic rings. The second kappa shape index (κ2) is 11.4. The van der Waals surface area contributed by atoms with Gasteiger partial charge in [-0.15, -0.1) is 0 Å². The van der Waals surface area contributed by atoms with Crippen LogP contribution >= 0.6 is 0 Å². The Morgan fingerprint density at radius 2 is 1.57 bits per heavy atom. The van der Waals surface area contributed by atoms with Gasteiger partial charge >= 0.3 is 0 Å². The number of aryl methyl sites for hydroxylation is 2. The fraction of sp³-hybridized carbons (Fsp3) is 0.344. The van der Waals surface area contributed by atoms with Crippen LogP contribution in [0.25, 0.3) is 10.9 Å². The molecule has 182 valence electrons. The quantitative estimate of drug-likeness (QED) is 0.238. The molecular formula is C32H38N2O. The molecule has 0 bridgehead atoms. The van der Waals surface area contributed by atoms with E-state index >= 15 is 0 Å². The summed E-state index contributed by atoms with van der Waals surface area (Å²) in [6.07, 6.45) is 4.74. The summed E-state index contributed by atoms with van der Waals surface area (Å²) in [5.74, 6) is 0.262. The molecule has 0 saturated heterocycles. The summed E-state index contributed by atoms with van der Waals surface area (Å²) in [5, 5.41) is 1.23. The van der Waals surface area contributed by atoms with E-state index in [0.717, 1.165) is 32.5 Å². The first-order valence-electron chi connectivity index (χ1n) is 13.0. The normalized spacial score (nSPS) is 12.1. The molecular weight excluding hydrogens is 428 g/mol. The molecule has 3 nitrogen and oxygen atoms in total. The monoisotopic (exact) mass is 466 g/mol. The predicted octanol–water partition coefficient (Wildman–Crippen LogP) is 7.48. The molecule has 1 heterocycles. The van der Waals surface area contributed by atoms with Crippen molar-refractivity contribution in [2.24, 2.45) is 0 Å². The standard InChI is InChI=1S/C32H38N2O/c1-5-18-33(19-6-2)32(35)21-29(27-11-9-10-25(4)20-27)30-23-34(31-13-8-7-12-28(30)31)22-26-16-14-24(3)15-17-26/h7-17,20,23,29H,5-6,18-19,21-22H2,1-4H3/t29-/m1/s1. The molecule has 0 radical (unpaired) electrons. The zero-order valence-corrected chi connectivity index (χ0v) is 21.6. The molecule has 0 aliphatic carbocycles. The van der Waals surface area contributed by atoms with E-state index in [1.54, 1.807) is 0 Å². The van der Waals surface area contributed by atoms with Crippen LogP contribution in [0.5, 0.6) is 0 Å². The number of carbonyl (C=O) groups excluding carboxylic acids is 1. The summed E-state index contributed by atoms with van der Waals surface area (Å²) in [4.78, 5) is 15.6. The summed E-state index contributed by atoms with van der Waals surface area (Å²) in [5.41, 5.74) is 7.44. The molecule has 35 heavy (non-hydrogen) atoms. The second-order valence-electron chi connectivity index (χ2n) is 9.77. The average Bonchev–Trinajstić information content (AvgIpc) is 3.21. The van der Waals surface area contributed by atoms with Crippen LogP contribution in [0.4, 0.5) is 0 Å². The first-order valence-corrected chi connectivity index (χ1v) is 13.0. The minimum absolute atomic E-state index is 0.0165. The van der Waals surface area contributed by atoms with Crippen LogP contribution in [0.2, 0.25) is 0 Å². The summed E-state index contributed by atoms with van der Waals surface area (Å²) in [7, 11) is 0. The van der Waals surface area contributed by atoms with Crippen molar-refractivity contribution in [3.05, 3.63) is 107 Å². The highest BCUT2D eigenvalue weighted by molar-refractivity contribution is 5.87. The van der Waals surface area contributed by atoms with Crippen molar-refractivity contribution in [1.29, 1.82) is 0 Å². The van der Waals surface area contributed by atoms with Gasteiger partial charge in [0.2, 0.25) is 5.91 Å². The number of aromatic nitrogens is 1. The molecule has 0 aliphatic heterocycles. The van der Waals surface area contributed by atoms with Gasteiger partial charge in [-0.2, -0.15) is 0 Å². The molecule has 0 unspecified atom stereocenters. The van der Waals surface area contributed by atoms with Crippen LogP contribution in [0.3, 0.4) is 0 Å². The van der Waals surface area contributed by atoms with Crippen LogP contribution in [0, 0.1) is 13.8 Å². The zero-order chi connectivity index (χ0) is 24.8. The number of carbonyl (C=O) groups is 1. The maximum Gasteiger partial charge on any atom is 0.223 e. The molecule has 1 amide bonds. The van der Waals surface area contributed by atoms with Crippen molar-refractivity contribution in [2.75, 3.05) is 13.1 Å². The number of para-hydroxylation sites is 1. The summed E-state index contributed by atoms with van der Waals surface area (Å²) >= 11 is 0. The minimum Gasteiger partial charge on any atom is -0.343 e. The molecule has 0 saturated carbocycles. The van der Waals surface area contributed by atoms with Crippen molar-refractivity contribution < 1.29 is 4.79 Å². The Kier molecular flexibility index (Phi) is 8.07. The third-order valence-electron chi connectivity index (χ3n) is 6.83. The van der Waals surface area contributed by atoms with Gasteiger partial charge in [-0.05, 0) is 49.4 Å². The Morgan fingerprint density at radius 1 is 0.857 bits per heavy atom. The van der Waals surface area contributed by atoms with Gasteiger partial charge < -0.3 is 9.47 Å². The Labute approximate surface area is 210 Å². The van der Waals surface area contributed by atoms with Crippen molar-refractivity contribution >= 4 is 16.8 Å². The smallest absolute Gasteiger partial charge is 0.223 e. The number of rotatable bonds is 10. The third kappa shape index (κ3) is 5.85. The Balaban J connectivity index is 1.78. The van der Waals surface area contributed by atoms with Gasteiger partial charge in [-0.25, -0.2) is 0 Å². The first kappa shape index (κ1) is 24.8. The molecule has 3 heteroatoms. The molecule has 1 atom stereocenters. The number of hydrogen-bond acceptors (Lipinski definition) is 1. The van der Waals surface area contributed by atoms with Crippen LogP contribution in [0.15, 0.2) is 79.0 Å². The van der Waals surface area contributed by atoms with Crippen LogP contribution in [-0.2, 0) is 11.3 Å². The van der Waals surface area contributed by atoms with Gasteiger partial charge in [-0.1, -0.05) is 91.7 Å². The molecule has 4 rings (SSSR count). The van der Waals surface area contributed by atoms with Crippen molar-refractivity contribution in [2.45, 2.75) is 59.4 Å². The second-order valence-corrected chi connectivity index (χ2v) is 9.77. The van der Waals surface area contributed by atoms with E-state index in [1.807, 2.05) is 4.90 Å².